The highest BCUT2D eigenvalue weighted by molar-refractivity contribution is 9.10. The Balaban J connectivity index is 2.44. The van der Waals surface area contributed by atoms with Gasteiger partial charge >= 0.3 is 11.9 Å². The van der Waals surface area contributed by atoms with Gasteiger partial charge in [-0.3, -0.25) is 0 Å². The summed E-state index contributed by atoms with van der Waals surface area (Å²) in [5.41, 5.74) is 0.844. The second-order valence-corrected chi connectivity index (χ2v) is 3.75. The summed E-state index contributed by atoms with van der Waals surface area (Å²) in [4.78, 5) is 15.1. The van der Waals surface area contributed by atoms with E-state index in [4.69, 9.17) is 4.42 Å². The first-order valence-electron chi connectivity index (χ1n) is 4.52. The van der Waals surface area contributed by atoms with Crippen LogP contribution in [0.25, 0.3) is 11.3 Å². The summed E-state index contributed by atoms with van der Waals surface area (Å²) in [6.07, 6.45) is 0. The molecular formula is C11H8BrNO3. The summed E-state index contributed by atoms with van der Waals surface area (Å²) in [6.45, 7) is 0. The van der Waals surface area contributed by atoms with E-state index in [0.717, 1.165) is 5.56 Å². The van der Waals surface area contributed by atoms with Gasteiger partial charge in [-0.2, -0.15) is 4.98 Å². The van der Waals surface area contributed by atoms with E-state index in [9.17, 15) is 4.79 Å². The zero-order valence-corrected chi connectivity index (χ0v) is 10.0. The molecule has 0 aliphatic heterocycles. The fourth-order valence-corrected chi connectivity index (χ4v) is 1.71. The third-order valence-corrected chi connectivity index (χ3v) is 2.52. The zero-order valence-electron chi connectivity index (χ0n) is 8.44. The molecular weight excluding hydrogens is 274 g/mol. The van der Waals surface area contributed by atoms with Crippen LogP contribution in [0.3, 0.4) is 0 Å². The van der Waals surface area contributed by atoms with Crippen molar-refractivity contribution in [2.45, 2.75) is 0 Å². The van der Waals surface area contributed by atoms with Gasteiger partial charge in [-0.1, -0.05) is 30.3 Å². The predicted molar refractivity (Wildman–Crippen MR) is 61.0 cm³/mol. The van der Waals surface area contributed by atoms with Crippen LogP contribution in [0.5, 0.6) is 0 Å². The Bertz CT molecular complexity index is 507. The van der Waals surface area contributed by atoms with Gasteiger partial charge < -0.3 is 9.15 Å². The molecule has 0 aliphatic carbocycles. The quantitative estimate of drug-likeness (QED) is 0.795. The molecule has 82 valence electrons. The number of rotatable bonds is 2. The van der Waals surface area contributed by atoms with Gasteiger partial charge in [0.15, 0.2) is 10.4 Å². The number of halogens is 1. The van der Waals surface area contributed by atoms with Crippen molar-refractivity contribution in [3.63, 3.8) is 0 Å². The Hall–Kier alpha value is -1.62. The van der Waals surface area contributed by atoms with Gasteiger partial charge in [-0.15, -0.1) is 0 Å². The maximum absolute atomic E-state index is 11.2. The lowest BCUT2D eigenvalue weighted by Gasteiger charge is -1.95. The summed E-state index contributed by atoms with van der Waals surface area (Å²) in [5, 5.41) is 0. The lowest BCUT2D eigenvalue weighted by atomic mass is 10.2. The Morgan fingerprint density at radius 2 is 2.06 bits per heavy atom. The topological polar surface area (TPSA) is 52.3 Å². The fraction of sp³-hybridized carbons (Fsp3) is 0.0909. The molecule has 2 rings (SSSR count). The minimum absolute atomic E-state index is 0.0618. The zero-order chi connectivity index (χ0) is 11.5. The fourth-order valence-electron chi connectivity index (χ4n) is 1.24. The predicted octanol–water partition coefficient (Wildman–Crippen LogP) is 2.89. The second-order valence-electron chi connectivity index (χ2n) is 3.00. The third-order valence-electron chi connectivity index (χ3n) is 1.98. The highest BCUT2D eigenvalue weighted by Gasteiger charge is 2.18. The molecule has 0 spiro atoms. The molecule has 4 nitrogen and oxygen atoms in total. The molecule has 0 saturated carbocycles. The maximum Gasteiger partial charge on any atom is 0.394 e. The average molecular weight is 282 g/mol. The summed E-state index contributed by atoms with van der Waals surface area (Å²) in [5.74, 6) is -0.142. The van der Waals surface area contributed by atoms with Crippen molar-refractivity contribution >= 4 is 21.9 Å². The minimum Gasteiger partial charge on any atom is -0.462 e. The van der Waals surface area contributed by atoms with Crippen molar-refractivity contribution in [2.75, 3.05) is 7.11 Å². The minimum atomic E-state index is -0.595. The first-order chi connectivity index (χ1) is 7.72. The molecule has 5 heteroatoms. The lowest BCUT2D eigenvalue weighted by Crippen LogP contribution is -2.00. The molecule has 0 amide bonds. The molecule has 0 aliphatic rings. The van der Waals surface area contributed by atoms with Crippen molar-refractivity contribution in [3.8, 4) is 11.3 Å². The number of nitrogens with zero attached hydrogens (tertiary/aromatic N) is 1. The van der Waals surface area contributed by atoms with Crippen LogP contribution < -0.4 is 0 Å². The highest BCUT2D eigenvalue weighted by atomic mass is 79.9. The Kier molecular flexibility index (Phi) is 3.05. The Labute approximate surface area is 100 Å². The van der Waals surface area contributed by atoms with Gasteiger partial charge in [-0.25, -0.2) is 4.79 Å². The van der Waals surface area contributed by atoms with E-state index in [1.807, 2.05) is 30.3 Å². The first-order valence-corrected chi connectivity index (χ1v) is 5.31. The molecule has 0 atom stereocenters. The van der Waals surface area contributed by atoms with E-state index in [0.29, 0.717) is 10.4 Å². The molecule has 0 bridgehead atoms. The number of aromatic nitrogens is 1. The van der Waals surface area contributed by atoms with Crippen molar-refractivity contribution < 1.29 is 13.9 Å². The number of esters is 1. The molecule has 0 unspecified atom stereocenters. The monoisotopic (exact) mass is 281 g/mol. The van der Waals surface area contributed by atoms with Crippen LogP contribution >= 0.6 is 15.9 Å². The molecule has 0 saturated heterocycles. The molecule has 1 heterocycles. The maximum atomic E-state index is 11.2. The van der Waals surface area contributed by atoms with Crippen LogP contribution in [0.2, 0.25) is 0 Å². The van der Waals surface area contributed by atoms with E-state index in [1.54, 1.807) is 0 Å². The number of hydrogen-bond donors (Lipinski definition) is 0. The summed E-state index contributed by atoms with van der Waals surface area (Å²) >= 11 is 3.24. The average Bonchev–Trinajstić information content (AvgIpc) is 2.71. The number of carbonyl (C=O) groups excluding carboxylic acids is 1. The van der Waals surface area contributed by atoms with Crippen LogP contribution in [-0.4, -0.2) is 18.1 Å². The second kappa shape index (κ2) is 4.49. The van der Waals surface area contributed by atoms with Gasteiger partial charge in [0.1, 0.15) is 0 Å². The van der Waals surface area contributed by atoms with Crippen molar-refractivity contribution in [1.29, 1.82) is 0 Å². The van der Waals surface area contributed by atoms with Crippen LogP contribution in [-0.2, 0) is 4.74 Å². The molecule has 16 heavy (non-hydrogen) atoms. The Morgan fingerprint density at radius 3 is 2.69 bits per heavy atom. The number of hydrogen-bond acceptors (Lipinski definition) is 4. The molecule has 1 aromatic heterocycles. The van der Waals surface area contributed by atoms with Gasteiger partial charge in [0, 0.05) is 5.56 Å². The van der Waals surface area contributed by atoms with Crippen LogP contribution in [0, 0.1) is 0 Å². The Morgan fingerprint density at radius 1 is 1.38 bits per heavy atom. The van der Waals surface area contributed by atoms with Crippen molar-refractivity contribution in [3.05, 3.63) is 40.8 Å². The van der Waals surface area contributed by atoms with E-state index in [-0.39, 0.29) is 5.89 Å². The van der Waals surface area contributed by atoms with E-state index >= 15 is 0 Å². The van der Waals surface area contributed by atoms with Gasteiger partial charge in [0.2, 0.25) is 0 Å². The number of carbonyl (C=O) groups is 1. The third kappa shape index (κ3) is 1.99. The van der Waals surface area contributed by atoms with Gasteiger partial charge in [-0.05, 0) is 15.9 Å². The van der Waals surface area contributed by atoms with Crippen molar-refractivity contribution in [1.82, 2.24) is 4.98 Å². The standard InChI is InChI=1S/C11H8BrNO3/c1-15-11(14)10-13-9(12)8(16-10)7-5-3-2-4-6-7/h2-6H,1H3. The van der Waals surface area contributed by atoms with Gasteiger partial charge in [0.25, 0.3) is 0 Å². The normalized spacial score (nSPS) is 10.1. The van der Waals surface area contributed by atoms with Crippen molar-refractivity contribution in [2.24, 2.45) is 0 Å². The highest BCUT2D eigenvalue weighted by Crippen LogP contribution is 2.28. The van der Waals surface area contributed by atoms with E-state index in [2.05, 4.69) is 25.7 Å². The van der Waals surface area contributed by atoms with Gasteiger partial charge in [0.05, 0.1) is 7.11 Å². The number of methoxy groups -OCH3 is 1. The van der Waals surface area contributed by atoms with E-state index in [1.165, 1.54) is 7.11 Å². The summed E-state index contributed by atoms with van der Waals surface area (Å²) in [7, 11) is 1.28. The molecule has 0 fully saturated rings. The molecule has 1 aromatic carbocycles. The first kappa shape index (κ1) is 10.9. The smallest absolute Gasteiger partial charge is 0.394 e. The SMILES string of the molecule is COC(=O)c1nc(Br)c(-c2ccccc2)o1. The largest absolute Gasteiger partial charge is 0.462 e. The lowest BCUT2D eigenvalue weighted by molar-refractivity contribution is 0.0557. The summed E-state index contributed by atoms with van der Waals surface area (Å²) < 4.78 is 10.3. The number of oxazole rings is 1. The number of benzene rings is 1. The van der Waals surface area contributed by atoms with Crippen LogP contribution in [0.15, 0.2) is 39.4 Å². The van der Waals surface area contributed by atoms with E-state index < -0.39 is 5.97 Å². The molecule has 0 radical (unpaired) electrons. The summed E-state index contributed by atoms with van der Waals surface area (Å²) in [6, 6.07) is 9.39. The number of ether oxygens (including phenoxy) is 1. The van der Waals surface area contributed by atoms with Crippen LogP contribution in [0.4, 0.5) is 0 Å². The molecule has 2 aromatic rings. The van der Waals surface area contributed by atoms with Crippen LogP contribution in [0.1, 0.15) is 10.7 Å². The molecule has 0 N–H and O–H groups in total.